The fraction of sp³-hybridized carbons (Fsp3) is 0.250. The van der Waals surface area contributed by atoms with Crippen molar-refractivity contribution in [3.8, 4) is 0 Å². The van der Waals surface area contributed by atoms with E-state index < -0.39 is 5.97 Å². The predicted molar refractivity (Wildman–Crippen MR) is 74.2 cm³/mol. The molecule has 19 heavy (non-hydrogen) atoms. The van der Waals surface area contributed by atoms with Gasteiger partial charge in [0.1, 0.15) is 11.4 Å². The molecule has 0 aliphatic rings. The number of nitrogens with one attached hydrogen (secondary N) is 1. The van der Waals surface area contributed by atoms with Crippen LogP contribution in [-0.2, 0) is 6.54 Å². The number of hydrogen-bond acceptors (Lipinski definition) is 4. The smallest absolute Gasteiger partial charge is 0.339 e. The second-order valence-electron chi connectivity index (χ2n) is 3.91. The maximum atomic E-state index is 11.0. The maximum Gasteiger partial charge on any atom is 0.339 e. The first-order valence-electron chi connectivity index (χ1n) is 5.77. The number of nitrogens with zero attached hydrogens (tertiary/aromatic N) is 3. The van der Waals surface area contributed by atoms with Gasteiger partial charge in [-0.25, -0.2) is 9.78 Å². The van der Waals surface area contributed by atoms with Gasteiger partial charge in [0.05, 0.1) is 10.7 Å². The summed E-state index contributed by atoms with van der Waals surface area (Å²) in [7, 11) is 0. The van der Waals surface area contributed by atoms with E-state index in [0.29, 0.717) is 12.4 Å². The van der Waals surface area contributed by atoms with Crippen LogP contribution in [0.2, 0.25) is 0 Å². The van der Waals surface area contributed by atoms with Crippen molar-refractivity contribution >= 4 is 27.7 Å². The SMILES string of the molecule is O=C(O)c1cccnc1NCCCn1cc(Br)cn1. The molecule has 0 fully saturated rings. The molecule has 2 rings (SSSR count). The van der Waals surface area contributed by atoms with Crippen molar-refractivity contribution in [1.82, 2.24) is 14.8 Å². The molecule has 0 aliphatic carbocycles. The zero-order chi connectivity index (χ0) is 13.7. The van der Waals surface area contributed by atoms with Crippen LogP contribution >= 0.6 is 15.9 Å². The normalized spacial score (nSPS) is 10.4. The van der Waals surface area contributed by atoms with Crippen LogP contribution in [0.4, 0.5) is 5.82 Å². The molecule has 0 amide bonds. The summed E-state index contributed by atoms with van der Waals surface area (Å²) in [6, 6.07) is 3.14. The van der Waals surface area contributed by atoms with Gasteiger partial charge in [-0.3, -0.25) is 4.68 Å². The monoisotopic (exact) mass is 324 g/mol. The highest BCUT2D eigenvalue weighted by Crippen LogP contribution is 2.11. The zero-order valence-electron chi connectivity index (χ0n) is 10.1. The van der Waals surface area contributed by atoms with Gasteiger partial charge in [0, 0.05) is 25.5 Å². The van der Waals surface area contributed by atoms with Crippen molar-refractivity contribution in [2.45, 2.75) is 13.0 Å². The number of pyridine rings is 1. The lowest BCUT2D eigenvalue weighted by Gasteiger charge is -2.08. The van der Waals surface area contributed by atoms with Crippen molar-refractivity contribution in [2.75, 3.05) is 11.9 Å². The highest BCUT2D eigenvalue weighted by molar-refractivity contribution is 9.10. The Labute approximate surface area is 118 Å². The molecule has 0 spiro atoms. The molecule has 7 heteroatoms. The van der Waals surface area contributed by atoms with Crippen LogP contribution in [0, 0.1) is 0 Å². The average molecular weight is 325 g/mol. The molecule has 2 aromatic heterocycles. The van der Waals surface area contributed by atoms with Gasteiger partial charge < -0.3 is 10.4 Å². The Hall–Kier alpha value is -1.89. The highest BCUT2D eigenvalue weighted by atomic mass is 79.9. The van der Waals surface area contributed by atoms with Gasteiger partial charge in [0.15, 0.2) is 0 Å². The van der Waals surface area contributed by atoms with E-state index in [2.05, 4.69) is 31.3 Å². The van der Waals surface area contributed by atoms with Crippen molar-refractivity contribution in [3.63, 3.8) is 0 Å². The van der Waals surface area contributed by atoms with E-state index in [4.69, 9.17) is 5.11 Å². The van der Waals surface area contributed by atoms with Gasteiger partial charge in [-0.15, -0.1) is 0 Å². The molecule has 100 valence electrons. The summed E-state index contributed by atoms with van der Waals surface area (Å²) in [5.41, 5.74) is 0.185. The van der Waals surface area contributed by atoms with E-state index in [1.165, 1.54) is 6.07 Å². The Kier molecular flexibility index (Phi) is 4.51. The Morgan fingerprint density at radius 2 is 2.37 bits per heavy atom. The molecule has 0 atom stereocenters. The fourth-order valence-electron chi connectivity index (χ4n) is 1.63. The third-order valence-electron chi connectivity index (χ3n) is 2.50. The highest BCUT2D eigenvalue weighted by Gasteiger charge is 2.09. The molecule has 0 saturated heterocycles. The molecule has 2 aromatic rings. The minimum absolute atomic E-state index is 0.185. The summed E-state index contributed by atoms with van der Waals surface area (Å²) in [6.07, 6.45) is 6.02. The number of aromatic carboxylic acids is 1. The number of aromatic nitrogens is 3. The van der Waals surface area contributed by atoms with Crippen molar-refractivity contribution in [2.24, 2.45) is 0 Å². The quantitative estimate of drug-likeness (QED) is 0.796. The lowest BCUT2D eigenvalue weighted by atomic mass is 10.2. The Morgan fingerprint density at radius 1 is 1.53 bits per heavy atom. The van der Waals surface area contributed by atoms with Crippen LogP contribution in [0.3, 0.4) is 0 Å². The molecular formula is C12H13BrN4O2. The average Bonchev–Trinajstić information content (AvgIpc) is 2.81. The van der Waals surface area contributed by atoms with Crippen LogP contribution < -0.4 is 5.32 Å². The summed E-state index contributed by atoms with van der Waals surface area (Å²) < 4.78 is 2.76. The molecule has 0 radical (unpaired) electrons. The zero-order valence-corrected chi connectivity index (χ0v) is 11.7. The van der Waals surface area contributed by atoms with E-state index >= 15 is 0 Å². The van der Waals surface area contributed by atoms with Crippen molar-refractivity contribution in [3.05, 3.63) is 40.8 Å². The predicted octanol–water partition coefficient (Wildman–Crippen LogP) is 2.24. The molecule has 0 unspecified atom stereocenters. The first-order valence-corrected chi connectivity index (χ1v) is 6.56. The summed E-state index contributed by atoms with van der Waals surface area (Å²) in [4.78, 5) is 15.0. The maximum absolute atomic E-state index is 11.0. The molecule has 0 aliphatic heterocycles. The van der Waals surface area contributed by atoms with E-state index in [1.807, 2.05) is 10.9 Å². The summed E-state index contributed by atoms with van der Waals surface area (Å²) >= 11 is 3.33. The third-order valence-corrected chi connectivity index (χ3v) is 2.91. The molecule has 2 heterocycles. The second-order valence-corrected chi connectivity index (χ2v) is 4.82. The van der Waals surface area contributed by atoms with Crippen LogP contribution in [-0.4, -0.2) is 32.4 Å². The number of carbonyl (C=O) groups is 1. The number of carboxylic acids is 1. The lowest BCUT2D eigenvalue weighted by Crippen LogP contribution is -2.11. The molecule has 0 saturated carbocycles. The minimum Gasteiger partial charge on any atom is -0.478 e. The van der Waals surface area contributed by atoms with Crippen molar-refractivity contribution in [1.29, 1.82) is 0 Å². The van der Waals surface area contributed by atoms with Gasteiger partial charge in [0.2, 0.25) is 0 Å². The fourth-order valence-corrected chi connectivity index (χ4v) is 1.96. The molecular weight excluding hydrogens is 312 g/mol. The number of anilines is 1. The number of halogens is 1. The van der Waals surface area contributed by atoms with Crippen LogP contribution in [0.5, 0.6) is 0 Å². The largest absolute Gasteiger partial charge is 0.478 e. The van der Waals surface area contributed by atoms with Crippen LogP contribution in [0.25, 0.3) is 0 Å². The standard InChI is InChI=1S/C12H13BrN4O2/c13-9-7-16-17(8-9)6-2-5-15-11-10(12(18)19)3-1-4-14-11/h1,3-4,7-8H,2,5-6H2,(H,14,15)(H,18,19). The summed E-state index contributed by atoms with van der Waals surface area (Å²) in [6.45, 7) is 1.39. The molecule has 2 N–H and O–H groups in total. The van der Waals surface area contributed by atoms with E-state index in [-0.39, 0.29) is 5.56 Å². The second kappa shape index (κ2) is 6.33. The van der Waals surface area contributed by atoms with Gasteiger partial charge in [-0.2, -0.15) is 5.10 Å². The molecule has 0 aromatic carbocycles. The topological polar surface area (TPSA) is 80.0 Å². The summed E-state index contributed by atoms with van der Waals surface area (Å²) in [5, 5.41) is 16.2. The Bertz CT molecular complexity index is 570. The van der Waals surface area contributed by atoms with Gasteiger partial charge in [-0.1, -0.05) is 0 Å². The van der Waals surface area contributed by atoms with Gasteiger partial charge in [0.25, 0.3) is 0 Å². The first-order chi connectivity index (χ1) is 9.16. The Balaban J connectivity index is 1.84. The summed E-state index contributed by atoms with van der Waals surface area (Å²) in [5.74, 6) is -0.580. The van der Waals surface area contributed by atoms with Crippen molar-refractivity contribution < 1.29 is 9.90 Å². The molecule has 6 nitrogen and oxygen atoms in total. The number of hydrogen-bond donors (Lipinski definition) is 2. The van der Waals surface area contributed by atoms with Gasteiger partial charge in [-0.05, 0) is 34.5 Å². The van der Waals surface area contributed by atoms with E-state index in [9.17, 15) is 4.79 Å². The number of aryl methyl sites for hydroxylation is 1. The third kappa shape index (κ3) is 3.78. The van der Waals surface area contributed by atoms with Crippen LogP contribution in [0.1, 0.15) is 16.8 Å². The number of carboxylic acid groups (broad SMARTS) is 1. The van der Waals surface area contributed by atoms with Gasteiger partial charge >= 0.3 is 5.97 Å². The number of rotatable bonds is 6. The lowest BCUT2D eigenvalue weighted by molar-refractivity contribution is 0.0697. The Morgan fingerprint density at radius 3 is 3.05 bits per heavy atom. The van der Waals surface area contributed by atoms with E-state index in [1.54, 1.807) is 18.5 Å². The minimum atomic E-state index is -0.980. The van der Waals surface area contributed by atoms with E-state index in [0.717, 1.165) is 17.4 Å². The first kappa shape index (κ1) is 13.5. The van der Waals surface area contributed by atoms with Crippen LogP contribution in [0.15, 0.2) is 35.2 Å². The molecule has 0 bridgehead atoms.